The third-order valence-corrected chi connectivity index (χ3v) is 38.7. The minimum atomic E-state index is -2.59. The van der Waals surface area contributed by atoms with Crippen LogP contribution >= 0.6 is 44.3 Å². The maximum atomic E-state index is 6.47. The van der Waals surface area contributed by atoms with Crippen molar-refractivity contribution in [1.82, 2.24) is 3.90 Å². The van der Waals surface area contributed by atoms with Crippen molar-refractivity contribution in [1.29, 1.82) is 0 Å². The molecule has 0 rings (SSSR count). The molecule has 0 radical (unpaired) electrons. The van der Waals surface area contributed by atoms with E-state index in [9.17, 15) is 0 Å². The summed E-state index contributed by atoms with van der Waals surface area (Å²) >= 11 is 25.4. The van der Waals surface area contributed by atoms with Crippen molar-refractivity contribution in [2.45, 2.75) is 32.7 Å². The Kier molecular flexibility index (Phi) is 6.34. The van der Waals surface area contributed by atoms with E-state index in [0.29, 0.717) is 0 Å². The van der Waals surface area contributed by atoms with Gasteiger partial charge in [0.2, 0.25) is 0 Å². The van der Waals surface area contributed by atoms with Gasteiger partial charge in [0.05, 0.1) is 17.9 Å². The molecule has 0 saturated carbocycles. The molecule has 0 saturated heterocycles. The molecule has 0 amide bonds. The van der Waals surface area contributed by atoms with Crippen molar-refractivity contribution >= 4 is 74.8 Å². The van der Waals surface area contributed by atoms with Crippen LogP contribution in [0.1, 0.15) is 0 Å². The Balaban J connectivity index is 5.01. The summed E-state index contributed by atoms with van der Waals surface area (Å²) in [7, 11) is -2.02. The Morgan fingerprint density at radius 3 is 1.21 bits per heavy atom. The first-order valence-electron chi connectivity index (χ1n) is 4.56. The molecule has 0 spiro atoms. The van der Waals surface area contributed by atoms with Crippen LogP contribution in [0, 0.1) is 0 Å². The highest BCUT2D eigenvalue weighted by molar-refractivity contribution is 7.92. The van der Waals surface area contributed by atoms with Crippen LogP contribution < -0.4 is 0 Å². The van der Waals surface area contributed by atoms with Crippen molar-refractivity contribution in [2.75, 3.05) is 0 Å². The molecule has 0 bridgehead atoms. The molecule has 0 aromatic rings. The largest absolute Gasteiger partial charge is 0.350 e. The van der Waals surface area contributed by atoms with E-state index >= 15 is 0 Å². The summed E-state index contributed by atoms with van der Waals surface area (Å²) < 4.78 is 2.35. The van der Waals surface area contributed by atoms with E-state index in [1.54, 1.807) is 0 Å². The van der Waals surface area contributed by atoms with Gasteiger partial charge in [0.15, 0.2) is 0 Å². The van der Waals surface area contributed by atoms with Gasteiger partial charge in [-0.05, 0) is 6.55 Å². The molecular formula is C5H17Cl4NSi4. The van der Waals surface area contributed by atoms with Gasteiger partial charge in [-0.1, -0.05) is 26.2 Å². The SMILES string of the molecule is C[SiH](C)N([SiH](C)C)[Si](Cl)(Cl)[Si](C)(Cl)Cl. The minimum Gasteiger partial charge on any atom is -0.350 e. The lowest BCUT2D eigenvalue weighted by Gasteiger charge is -2.42. The molecule has 0 atom stereocenters. The summed E-state index contributed by atoms with van der Waals surface area (Å²) in [4.78, 5) is 0. The van der Waals surface area contributed by atoms with Gasteiger partial charge < -0.3 is 3.90 Å². The molecule has 0 aromatic heterocycles. The summed E-state index contributed by atoms with van der Waals surface area (Å²) in [5.41, 5.74) is 0. The lowest BCUT2D eigenvalue weighted by atomic mass is 11.9. The summed E-state index contributed by atoms with van der Waals surface area (Å²) in [6.07, 6.45) is -5.05. The molecule has 86 valence electrons. The van der Waals surface area contributed by atoms with Gasteiger partial charge in [0.25, 0.3) is 6.21 Å². The van der Waals surface area contributed by atoms with Gasteiger partial charge >= 0.3 is 6.37 Å². The topological polar surface area (TPSA) is 3.24 Å². The van der Waals surface area contributed by atoms with Crippen LogP contribution in [0.2, 0.25) is 32.7 Å². The van der Waals surface area contributed by atoms with Crippen molar-refractivity contribution < 1.29 is 0 Å². The first-order valence-corrected chi connectivity index (χ1v) is 19.7. The van der Waals surface area contributed by atoms with Crippen molar-refractivity contribution in [3.05, 3.63) is 0 Å². The van der Waals surface area contributed by atoms with Gasteiger partial charge in [-0.15, -0.1) is 44.3 Å². The molecule has 0 N–H and O–H groups in total. The van der Waals surface area contributed by atoms with E-state index in [1.165, 1.54) is 0 Å². The number of rotatable bonds is 4. The summed E-state index contributed by atoms with van der Waals surface area (Å²) in [5.74, 6) is 0. The predicted octanol–water partition coefficient (Wildman–Crippen LogP) is 3.30. The molecule has 1 nitrogen and oxygen atoms in total. The number of hydrogen-bond acceptors (Lipinski definition) is 1. The Bertz CT molecular complexity index is 185. The average Bonchev–Trinajstić information content (AvgIpc) is 1.79. The first-order chi connectivity index (χ1) is 6.01. The number of hydrogen-bond donors (Lipinski definition) is 0. The second-order valence-corrected chi connectivity index (χ2v) is 32.5. The smallest absolute Gasteiger partial charge is 0.329 e. The van der Waals surface area contributed by atoms with Crippen LogP contribution in [0.25, 0.3) is 0 Å². The maximum absolute atomic E-state index is 6.47. The van der Waals surface area contributed by atoms with Crippen molar-refractivity contribution in [2.24, 2.45) is 0 Å². The molecule has 0 heterocycles. The molecule has 14 heavy (non-hydrogen) atoms. The van der Waals surface area contributed by atoms with E-state index in [0.717, 1.165) is 0 Å². The highest BCUT2D eigenvalue weighted by atomic mass is 35.8. The lowest BCUT2D eigenvalue weighted by molar-refractivity contribution is 1.03. The molecule has 0 fully saturated rings. The Hall–Kier alpha value is 1.99. The third kappa shape index (κ3) is 3.78. The fraction of sp³-hybridized carbons (Fsp3) is 1.00. The highest BCUT2D eigenvalue weighted by Gasteiger charge is 2.55. The zero-order chi connectivity index (χ0) is 11.7. The fourth-order valence-corrected chi connectivity index (χ4v) is 34.3. The Morgan fingerprint density at radius 2 is 1.14 bits per heavy atom. The van der Waals surface area contributed by atoms with Gasteiger partial charge in [-0.25, -0.2) is 0 Å². The molecule has 0 aliphatic heterocycles. The monoisotopic (exact) mass is 343 g/mol. The molecule has 0 unspecified atom stereocenters. The molecule has 0 aliphatic carbocycles. The maximum Gasteiger partial charge on any atom is 0.329 e. The highest BCUT2D eigenvalue weighted by Crippen LogP contribution is 2.37. The minimum absolute atomic E-state index is 1.01. The van der Waals surface area contributed by atoms with E-state index < -0.39 is 30.5 Å². The number of nitrogens with zero attached hydrogens (tertiary/aromatic N) is 1. The van der Waals surface area contributed by atoms with Gasteiger partial charge in [-0.3, -0.25) is 0 Å². The van der Waals surface area contributed by atoms with E-state index in [2.05, 4.69) is 30.1 Å². The van der Waals surface area contributed by atoms with E-state index in [-0.39, 0.29) is 0 Å². The van der Waals surface area contributed by atoms with Crippen molar-refractivity contribution in [3.8, 4) is 0 Å². The normalized spacial score (nSPS) is 14.6. The van der Waals surface area contributed by atoms with Gasteiger partial charge in [-0.2, -0.15) is 0 Å². The third-order valence-electron chi connectivity index (χ3n) is 1.97. The van der Waals surface area contributed by atoms with Crippen LogP contribution in [0.3, 0.4) is 0 Å². The molecular weight excluding hydrogens is 328 g/mol. The van der Waals surface area contributed by atoms with Crippen LogP contribution in [-0.4, -0.2) is 34.4 Å². The standard InChI is InChI=1S/C5H17Cl4NSi4/c1-11(2)10(12(3)4)14(8,9)13(5,6)7/h11-12H,1-5H3. The van der Waals surface area contributed by atoms with Gasteiger partial charge in [0.1, 0.15) is 0 Å². The average molecular weight is 345 g/mol. The Labute approximate surface area is 111 Å². The molecule has 0 aliphatic rings. The van der Waals surface area contributed by atoms with Crippen LogP contribution in [-0.2, 0) is 0 Å². The van der Waals surface area contributed by atoms with Crippen LogP contribution in [0.4, 0.5) is 0 Å². The zero-order valence-corrected chi connectivity index (χ0v) is 16.4. The van der Waals surface area contributed by atoms with Gasteiger partial charge in [0, 0.05) is 0 Å². The second kappa shape index (κ2) is 5.55. The Morgan fingerprint density at radius 1 is 0.857 bits per heavy atom. The quantitative estimate of drug-likeness (QED) is 0.558. The first kappa shape index (κ1) is 16.0. The van der Waals surface area contributed by atoms with Crippen LogP contribution in [0.15, 0.2) is 0 Å². The molecule has 9 heteroatoms. The summed E-state index contributed by atoms with van der Waals surface area (Å²) in [5, 5.41) is 0. The summed E-state index contributed by atoms with van der Waals surface area (Å²) in [6.45, 7) is 10.8. The second-order valence-electron chi connectivity index (χ2n) is 4.02. The lowest BCUT2D eigenvalue weighted by Crippen LogP contribution is -2.66. The summed E-state index contributed by atoms with van der Waals surface area (Å²) in [6, 6.07) is 0. The number of halogens is 4. The zero-order valence-electron chi connectivity index (χ0n) is 9.11. The van der Waals surface area contributed by atoms with Crippen LogP contribution in [0.5, 0.6) is 0 Å². The van der Waals surface area contributed by atoms with E-state index in [1.807, 2.05) is 6.55 Å². The van der Waals surface area contributed by atoms with Crippen molar-refractivity contribution in [3.63, 3.8) is 0 Å². The predicted molar refractivity (Wildman–Crippen MR) is 80.4 cm³/mol. The van der Waals surface area contributed by atoms with E-state index in [4.69, 9.17) is 44.3 Å². The fourth-order valence-electron chi connectivity index (χ4n) is 1.47. The molecule has 0 aromatic carbocycles.